The lowest BCUT2D eigenvalue weighted by Gasteiger charge is -2.12. The number of halogens is 2. The second-order valence-electron chi connectivity index (χ2n) is 6.03. The van der Waals surface area contributed by atoms with Crippen LogP contribution in [-0.2, 0) is 10.0 Å². The smallest absolute Gasteiger partial charge is 0.261 e. The number of hydrogen-bond acceptors (Lipinski definition) is 3. The van der Waals surface area contributed by atoms with Gasteiger partial charge in [-0.2, -0.15) is 0 Å². The van der Waals surface area contributed by atoms with Gasteiger partial charge in [-0.25, -0.2) is 8.42 Å². The molecule has 0 aliphatic rings. The third kappa shape index (κ3) is 4.65. The van der Waals surface area contributed by atoms with E-state index in [1.54, 1.807) is 55.5 Å². The Bertz CT molecular complexity index is 1130. The van der Waals surface area contributed by atoms with E-state index in [4.69, 9.17) is 23.2 Å². The van der Waals surface area contributed by atoms with E-state index in [2.05, 4.69) is 10.0 Å². The van der Waals surface area contributed by atoms with E-state index >= 15 is 0 Å². The molecule has 2 N–H and O–H groups in total. The molecule has 3 aromatic rings. The van der Waals surface area contributed by atoms with Gasteiger partial charge in [-0.3, -0.25) is 9.52 Å². The Morgan fingerprint density at radius 1 is 0.893 bits per heavy atom. The van der Waals surface area contributed by atoms with Gasteiger partial charge >= 0.3 is 0 Å². The maximum Gasteiger partial charge on any atom is 0.261 e. The second kappa shape index (κ2) is 8.22. The number of carbonyl (C=O) groups excluding carboxylic acids is 1. The fraction of sp³-hybridized carbons (Fsp3) is 0.0500. The summed E-state index contributed by atoms with van der Waals surface area (Å²) in [5, 5.41) is 3.50. The zero-order valence-electron chi connectivity index (χ0n) is 14.7. The van der Waals surface area contributed by atoms with Gasteiger partial charge in [0.05, 0.1) is 21.3 Å². The van der Waals surface area contributed by atoms with E-state index < -0.39 is 10.0 Å². The van der Waals surface area contributed by atoms with Gasteiger partial charge in [0.1, 0.15) is 0 Å². The predicted molar refractivity (Wildman–Crippen MR) is 113 cm³/mol. The third-order valence-electron chi connectivity index (χ3n) is 3.96. The van der Waals surface area contributed by atoms with Crippen LogP contribution in [0.15, 0.2) is 71.6 Å². The van der Waals surface area contributed by atoms with Gasteiger partial charge in [-0.05, 0) is 61.0 Å². The Morgan fingerprint density at radius 2 is 1.61 bits per heavy atom. The van der Waals surface area contributed by atoms with Crippen molar-refractivity contribution < 1.29 is 13.2 Å². The van der Waals surface area contributed by atoms with Gasteiger partial charge in [-0.1, -0.05) is 41.4 Å². The molecule has 1 amide bonds. The number of aryl methyl sites for hydroxylation is 1. The van der Waals surface area contributed by atoms with Crippen LogP contribution in [0.4, 0.5) is 11.4 Å². The Labute approximate surface area is 173 Å². The molecule has 0 radical (unpaired) electrons. The van der Waals surface area contributed by atoms with E-state index in [0.29, 0.717) is 32.5 Å². The van der Waals surface area contributed by atoms with E-state index in [1.807, 2.05) is 0 Å². The number of anilines is 2. The maximum atomic E-state index is 12.5. The van der Waals surface area contributed by atoms with Gasteiger partial charge < -0.3 is 5.32 Å². The first-order valence-corrected chi connectivity index (χ1v) is 10.4. The average molecular weight is 435 g/mol. The highest BCUT2D eigenvalue weighted by Gasteiger charge is 2.16. The third-order valence-corrected chi connectivity index (χ3v) is 5.91. The zero-order chi connectivity index (χ0) is 20.3. The van der Waals surface area contributed by atoms with Crippen LogP contribution in [0, 0.1) is 6.92 Å². The van der Waals surface area contributed by atoms with Crippen molar-refractivity contribution in [3.8, 4) is 0 Å². The highest BCUT2D eigenvalue weighted by atomic mass is 35.5. The number of carbonyl (C=O) groups is 1. The minimum absolute atomic E-state index is 0.159. The number of nitrogens with one attached hydrogen (secondary N) is 2. The van der Waals surface area contributed by atoms with Gasteiger partial charge in [0.25, 0.3) is 15.9 Å². The van der Waals surface area contributed by atoms with Crippen molar-refractivity contribution in [2.24, 2.45) is 0 Å². The molecule has 144 valence electrons. The summed E-state index contributed by atoms with van der Waals surface area (Å²) in [6, 6.07) is 17.5. The van der Waals surface area contributed by atoms with Crippen LogP contribution in [-0.4, -0.2) is 14.3 Å². The monoisotopic (exact) mass is 434 g/mol. The van der Waals surface area contributed by atoms with Crippen molar-refractivity contribution in [3.05, 3.63) is 87.9 Å². The first-order valence-electron chi connectivity index (χ1n) is 8.21. The minimum Gasteiger partial charge on any atom is -0.321 e. The molecule has 0 aromatic heterocycles. The molecule has 8 heteroatoms. The first kappa shape index (κ1) is 20.2. The molecule has 0 aliphatic carbocycles. The Balaban J connectivity index is 1.80. The number of benzene rings is 3. The van der Waals surface area contributed by atoms with E-state index in [0.717, 1.165) is 0 Å². The standard InChI is InChI=1S/C20H16Cl2N2O3S/c1-13-11-14(20(25)23-19-12-15(21)8-9-17(19)22)7-10-18(13)24-28(26,27)16-5-3-2-4-6-16/h2-12,24H,1H3,(H,23,25). The number of amides is 1. The van der Waals surface area contributed by atoms with Crippen molar-refractivity contribution in [3.63, 3.8) is 0 Å². The average Bonchev–Trinajstić information content (AvgIpc) is 2.67. The normalized spacial score (nSPS) is 11.1. The summed E-state index contributed by atoms with van der Waals surface area (Å²) in [5.74, 6) is -0.385. The van der Waals surface area contributed by atoms with Gasteiger partial charge in [0.15, 0.2) is 0 Å². The second-order valence-corrected chi connectivity index (χ2v) is 8.55. The van der Waals surface area contributed by atoms with Crippen LogP contribution in [0.5, 0.6) is 0 Å². The minimum atomic E-state index is -3.71. The summed E-state index contributed by atoms with van der Waals surface area (Å²) in [7, 11) is -3.71. The molecule has 3 aromatic carbocycles. The van der Waals surface area contributed by atoms with Crippen molar-refractivity contribution in [2.45, 2.75) is 11.8 Å². The molecule has 0 heterocycles. The zero-order valence-corrected chi connectivity index (χ0v) is 17.1. The van der Waals surface area contributed by atoms with Crippen LogP contribution in [0.2, 0.25) is 10.0 Å². The number of rotatable bonds is 5. The summed E-state index contributed by atoms with van der Waals surface area (Å²) < 4.78 is 27.5. The number of sulfonamides is 1. The van der Waals surface area contributed by atoms with E-state index in [1.165, 1.54) is 18.2 Å². The summed E-state index contributed by atoms with van der Waals surface area (Å²) >= 11 is 12.0. The number of hydrogen-bond donors (Lipinski definition) is 2. The lowest BCUT2D eigenvalue weighted by molar-refractivity contribution is 0.102. The van der Waals surface area contributed by atoms with Crippen LogP contribution >= 0.6 is 23.2 Å². The van der Waals surface area contributed by atoms with Crippen LogP contribution < -0.4 is 10.0 Å². The molecular formula is C20H16Cl2N2O3S. The van der Waals surface area contributed by atoms with Gasteiger partial charge in [0.2, 0.25) is 0 Å². The Kier molecular flexibility index (Phi) is 5.93. The molecule has 0 unspecified atom stereocenters. The molecule has 0 bridgehead atoms. The SMILES string of the molecule is Cc1cc(C(=O)Nc2cc(Cl)ccc2Cl)ccc1NS(=O)(=O)c1ccccc1. The molecule has 0 aliphatic heterocycles. The molecule has 28 heavy (non-hydrogen) atoms. The van der Waals surface area contributed by atoms with E-state index in [9.17, 15) is 13.2 Å². The summed E-state index contributed by atoms with van der Waals surface area (Å²) in [6.45, 7) is 1.71. The predicted octanol–water partition coefficient (Wildman–Crippen LogP) is 5.35. The maximum absolute atomic E-state index is 12.5. The first-order chi connectivity index (χ1) is 13.3. The largest absolute Gasteiger partial charge is 0.321 e. The molecule has 3 rings (SSSR count). The van der Waals surface area contributed by atoms with Gasteiger partial charge in [0, 0.05) is 10.6 Å². The van der Waals surface area contributed by atoms with Crippen molar-refractivity contribution in [1.29, 1.82) is 0 Å². The van der Waals surface area contributed by atoms with E-state index in [-0.39, 0.29) is 10.8 Å². The molecule has 0 saturated carbocycles. The fourth-order valence-corrected chi connectivity index (χ4v) is 4.00. The summed E-state index contributed by atoms with van der Waals surface area (Å²) in [4.78, 5) is 12.7. The molecule has 5 nitrogen and oxygen atoms in total. The van der Waals surface area contributed by atoms with Crippen LogP contribution in [0.25, 0.3) is 0 Å². The van der Waals surface area contributed by atoms with Crippen molar-refractivity contribution in [1.82, 2.24) is 0 Å². The van der Waals surface area contributed by atoms with Gasteiger partial charge in [-0.15, -0.1) is 0 Å². The highest BCUT2D eigenvalue weighted by molar-refractivity contribution is 7.92. The fourth-order valence-electron chi connectivity index (χ4n) is 2.51. The molecule has 0 saturated heterocycles. The topological polar surface area (TPSA) is 75.3 Å². The highest BCUT2D eigenvalue weighted by Crippen LogP contribution is 2.27. The Morgan fingerprint density at radius 3 is 2.29 bits per heavy atom. The Hall–Kier alpha value is -2.54. The lowest BCUT2D eigenvalue weighted by Crippen LogP contribution is -2.15. The van der Waals surface area contributed by atoms with Crippen molar-refractivity contribution >= 4 is 50.5 Å². The molecule has 0 fully saturated rings. The lowest BCUT2D eigenvalue weighted by atomic mass is 10.1. The van der Waals surface area contributed by atoms with Crippen LogP contribution in [0.3, 0.4) is 0 Å². The van der Waals surface area contributed by atoms with Crippen molar-refractivity contribution in [2.75, 3.05) is 10.0 Å². The molecule has 0 atom stereocenters. The summed E-state index contributed by atoms with van der Waals surface area (Å²) in [5.41, 5.74) is 1.74. The summed E-state index contributed by atoms with van der Waals surface area (Å²) in [6.07, 6.45) is 0. The quantitative estimate of drug-likeness (QED) is 0.567. The molecule has 0 spiro atoms. The van der Waals surface area contributed by atoms with Crippen LogP contribution in [0.1, 0.15) is 15.9 Å². The molecular weight excluding hydrogens is 419 g/mol.